The molecule has 0 amide bonds. The van der Waals surface area contributed by atoms with Gasteiger partial charge in [0, 0.05) is 21.8 Å². The first kappa shape index (κ1) is 30.4. The summed E-state index contributed by atoms with van der Waals surface area (Å²) in [5.41, 5.74) is 6.48. The van der Waals surface area contributed by atoms with Crippen LogP contribution in [0.4, 0.5) is 11.4 Å². The molecule has 2 aromatic carbocycles. The molecule has 2 rings (SSSR count). The first-order chi connectivity index (χ1) is 17.2. The van der Waals surface area contributed by atoms with Crippen LogP contribution in [0.25, 0.3) is 0 Å². The average molecular weight is 555 g/mol. The predicted octanol–water partition coefficient (Wildman–Crippen LogP) is 11.1. The molecule has 2 nitrogen and oxygen atoms in total. The zero-order valence-electron chi connectivity index (χ0n) is 23.8. The fourth-order valence-corrected chi connectivity index (χ4v) is 5.47. The average Bonchev–Trinajstić information content (AvgIpc) is 2.87. The van der Waals surface area contributed by atoms with E-state index in [1.807, 2.05) is 19.1 Å². The highest BCUT2D eigenvalue weighted by Gasteiger charge is 2.27. The Kier molecular flexibility index (Phi) is 12.4. The van der Waals surface area contributed by atoms with Crippen molar-refractivity contribution in [3.8, 4) is 0 Å². The minimum Gasteiger partial charge on any atom is -0.314 e. The Morgan fingerprint density at radius 3 is 2.19 bits per heavy atom. The maximum Gasteiger partial charge on any atom is 0.168 e. The quantitative estimate of drug-likeness (QED) is 0.161. The fourth-order valence-electron chi connectivity index (χ4n) is 4.92. The van der Waals surface area contributed by atoms with E-state index in [4.69, 9.17) is 0 Å². The number of allylic oxidation sites excluding steroid dienone is 1. The lowest BCUT2D eigenvalue weighted by Gasteiger charge is -2.34. The summed E-state index contributed by atoms with van der Waals surface area (Å²) in [5, 5.41) is 0. The molecule has 0 aliphatic carbocycles. The van der Waals surface area contributed by atoms with Gasteiger partial charge in [0.2, 0.25) is 0 Å². The van der Waals surface area contributed by atoms with Crippen LogP contribution in [0.2, 0.25) is 0 Å². The SMILES string of the molecule is C=C(C(C)CC)N(c1ccc(C(CCC)CCCCC)cc1C)c1cccc(Br)c1C(=O)C(C)CC. The van der Waals surface area contributed by atoms with Gasteiger partial charge in [-0.25, -0.2) is 0 Å². The molecule has 3 unspecified atom stereocenters. The maximum atomic E-state index is 13.6. The van der Waals surface area contributed by atoms with Gasteiger partial charge < -0.3 is 4.90 Å². The highest BCUT2D eigenvalue weighted by atomic mass is 79.9. The van der Waals surface area contributed by atoms with Gasteiger partial charge in [-0.1, -0.05) is 92.0 Å². The molecule has 0 aliphatic rings. The molecular formula is C33H48BrNO. The number of aryl methyl sites for hydroxylation is 1. The van der Waals surface area contributed by atoms with E-state index >= 15 is 0 Å². The van der Waals surface area contributed by atoms with Crippen molar-refractivity contribution in [1.82, 2.24) is 0 Å². The molecule has 0 fully saturated rings. The summed E-state index contributed by atoms with van der Waals surface area (Å²) < 4.78 is 0.848. The molecule has 0 aliphatic heterocycles. The van der Waals surface area contributed by atoms with Crippen LogP contribution in [-0.2, 0) is 0 Å². The molecule has 0 bridgehead atoms. The molecule has 0 radical (unpaired) electrons. The monoisotopic (exact) mass is 553 g/mol. The van der Waals surface area contributed by atoms with Crippen molar-refractivity contribution in [3.63, 3.8) is 0 Å². The van der Waals surface area contributed by atoms with Crippen LogP contribution in [0, 0.1) is 18.8 Å². The van der Waals surface area contributed by atoms with Crippen molar-refractivity contribution in [2.24, 2.45) is 11.8 Å². The maximum absolute atomic E-state index is 13.6. The van der Waals surface area contributed by atoms with E-state index in [1.54, 1.807) is 0 Å². The summed E-state index contributed by atoms with van der Waals surface area (Å²) in [6.45, 7) is 19.8. The zero-order valence-corrected chi connectivity index (χ0v) is 25.4. The summed E-state index contributed by atoms with van der Waals surface area (Å²) in [6, 6.07) is 13.0. The summed E-state index contributed by atoms with van der Waals surface area (Å²) in [5.74, 6) is 1.03. The minimum absolute atomic E-state index is 0.0393. The number of rotatable bonds is 15. The lowest BCUT2D eigenvalue weighted by atomic mass is 9.88. The highest BCUT2D eigenvalue weighted by molar-refractivity contribution is 9.10. The molecule has 0 saturated heterocycles. The third-order valence-electron chi connectivity index (χ3n) is 7.73. The third kappa shape index (κ3) is 7.34. The van der Waals surface area contributed by atoms with Crippen LogP contribution in [0.15, 0.2) is 53.1 Å². The molecular weight excluding hydrogens is 506 g/mol. The summed E-state index contributed by atoms with van der Waals surface area (Å²) in [6.07, 6.45) is 9.34. The number of anilines is 2. The number of halogens is 1. The van der Waals surface area contributed by atoms with Crippen molar-refractivity contribution >= 4 is 33.1 Å². The number of Topliss-reactive ketones (excluding diaryl/α,β-unsaturated/α-hetero) is 1. The molecule has 3 heteroatoms. The lowest BCUT2D eigenvalue weighted by molar-refractivity contribution is 0.0927. The van der Waals surface area contributed by atoms with Crippen LogP contribution in [0.5, 0.6) is 0 Å². The zero-order chi connectivity index (χ0) is 26.8. The van der Waals surface area contributed by atoms with Gasteiger partial charge in [-0.15, -0.1) is 0 Å². The molecule has 0 saturated carbocycles. The van der Waals surface area contributed by atoms with Gasteiger partial charge in [0.15, 0.2) is 5.78 Å². The first-order valence-corrected chi connectivity index (χ1v) is 14.9. The van der Waals surface area contributed by atoms with Crippen molar-refractivity contribution < 1.29 is 4.79 Å². The van der Waals surface area contributed by atoms with E-state index < -0.39 is 0 Å². The normalized spacial score (nSPS) is 13.8. The molecule has 2 aromatic rings. The summed E-state index contributed by atoms with van der Waals surface area (Å²) >= 11 is 3.71. The number of unbranched alkanes of at least 4 members (excludes halogenated alkanes) is 2. The van der Waals surface area contributed by atoms with E-state index in [0.717, 1.165) is 39.9 Å². The number of hydrogen-bond donors (Lipinski definition) is 0. The van der Waals surface area contributed by atoms with Gasteiger partial charge in [-0.05, 0) is 89.7 Å². The highest BCUT2D eigenvalue weighted by Crippen LogP contribution is 2.41. The second kappa shape index (κ2) is 14.8. The smallest absolute Gasteiger partial charge is 0.168 e. The number of hydrogen-bond acceptors (Lipinski definition) is 2. The fraction of sp³-hybridized carbons (Fsp3) is 0.545. The molecule has 0 aromatic heterocycles. The van der Waals surface area contributed by atoms with E-state index in [0.29, 0.717) is 5.92 Å². The van der Waals surface area contributed by atoms with Crippen molar-refractivity contribution in [1.29, 1.82) is 0 Å². The van der Waals surface area contributed by atoms with Gasteiger partial charge in [-0.3, -0.25) is 4.79 Å². The number of carbonyl (C=O) groups excluding carboxylic acids is 1. The van der Waals surface area contributed by atoms with Gasteiger partial charge in [0.1, 0.15) is 0 Å². The number of benzene rings is 2. The summed E-state index contributed by atoms with van der Waals surface area (Å²) in [7, 11) is 0. The van der Waals surface area contributed by atoms with Crippen molar-refractivity contribution in [2.75, 3.05) is 4.90 Å². The molecule has 3 atom stereocenters. The van der Waals surface area contributed by atoms with E-state index in [1.165, 1.54) is 49.7 Å². The van der Waals surface area contributed by atoms with Crippen LogP contribution in [0.3, 0.4) is 0 Å². The number of nitrogens with zero attached hydrogens (tertiary/aromatic N) is 1. The molecule has 0 heterocycles. The van der Waals surface area contributed by atoms with Crippen LogP contribution in [-0.4, -0.2) is 5.78 Å². The Morgan fingerprint density at radius 1 is 0.917 bits per heavy atom. The Balaban J connectivity index is 2.65. The Bertz CT molecular complexity index is 1010. The van der Waals surface area contributed by atoms with Gasteiger partial charge in [0.05, 0.1) is 11.3 Å². The Labute approximate surface area is 229 Å². The second-order valence-corrected chi connectivity index (χ2v) is 11.3. The third-order valence-corrected chi connectivity index (χ3v) is 8.39. The topological polar surface area (TPSA) is 20.3 Å². The Morgan fingerprint density at radius 2 is 1.61 bits per heavy atom. The standard InChI is InChI=1S/C33H48BrNO/c1-9-13-14-17-27(16-10-2)28-20-21-30(25(7)22-28)35(26(8)23(5)11-3)31-19-15-18-29(34)32(31)33(36)24(6)12-4/h15,18-24,27H,8-14,16-17H2,1-7H3. The van der Waals surface area contributed by atoms with Gasteiger partial charge in [0.25, 0.3) is 0 Å². The van der Waals surface area contributed by atoms with Gasteiger partial charge >= 0.3 is 0 Å². The first-order valence-electron chi connectivity index (χ1n) is 14.1. The number of carbonyl (C=O) groups is 1. The van der Waals surface area contributed by atoms with E-state index in [2.05, 4.69) is 93.2 Å². The Hall–Kier alpha value is -1.87. The summed E-state index contributed by atoms with van der Waals surface area (Å²) in [4.78, 5) is 15.8. The molecule has 0 spiro atoms. The number of ketones is 1. The minimum atomic E-state index is -0.0393. The second-order valence-electron chi connectivity index (χ2n) is 10.5. The molecule has 36 heavy (non-hydrogen) atoms. The van der Waals surface area contributed by atoms with Crippen LogP contribution < -0.4 is 4.90 Å². The predicted molar refractivity (Wildman–Crippen MR) is 162 cm³/mol. The van der Waals surface area contributed by atoms with Crippen LogP contribution >= 0.6 is 15.9 Å². The van der Waals surface area contributed by atoms with Crippen molar-refractivity contribution in [2.45, 2.75) is 106 Å². The van der Waals surface area contributed by atoms with Crippen LogP contribution in [0.1, 0.15) is 120 Å². The molecule has 198 valence electrons. The lowest BCUT2D eigenvalue weighted by Crippen LogP contribution is -2.25. The van der Waals surface area contributed by atoms with E-state index in [-0.39, 0.29) is 17.6 Å². The largest absolute Gasteiger partial charge is 0.314 e. The molecule has 0 N–H and O–H groups in total. The van der Waals surface area contributed by atoms with Gasteiger partial charge in [-0.2, -0.15) is 0 Å². The van der Waals surface area contributed by atoms with E-state index in [9.17, 15) is 4.79 Å². The van der Waals surface area contributed by atoms with Crippen molar-refractivity contribution in [3.05, 3.63) is 69.8 Å².